The first-order valence-electron chi connectivity index (χ1n) is 8.74. The van der Waals surface area contributed by atoms with Crippen LogP contribution in [0.25, 0.3) is 0 Å². The Morgan fingerprint density at radius 2 is 1.88 bits per heavy atom. The Morgan fingerprint density at radius 1 is 1.19 bits per heavy atom. The summed E-state index contributed by atoms with van der Waals surface area (Å²) >= 11 is 1.41. The third-order valence-electron chi connectivity index (χ3n) is 4.64. The topological polar surface area (TPSA) is 55.4 Å². The fourth-order valence-electron chi connectivity index (χ4n) is 3.31. The summed E-state index contributed by atoms with van der Waals surface area (Å²) in [6, 6.07) is 15.4. The van der Waals surface area contributed by atoms with E-state index in [9.17, 15) is 9.59 Å². The van der Waals surface area contributed by atoms with E-state index >= 15 is 0 Å². The Labute approximate surface area is 158 Å². The number of hydrogen-bond acceptors (Lipinski definition) is 4. The quantitative estimate of drug-likeness (QED) is 0.811. The Balaban J connectivity index is 2.08. The van der Waals surface area contributed by atoms with Crippen LogP contribution in [0.15, 0.2) is 53.4 Å². The Hall–Kier alpha value is -2.27. The van der Waals surface area contributed by atoms with Crippen LogP contribution in [0.2, 0.25) is 0 Å². The minimum atomic E-state index is -1.02. The smallest absolute Gasteiger partial charge is 0.325 e. The predicted molar refractivity (Wildman–Crippen MR) is 103 cm³/mol. The van der Waals surface area contributed by atoms with Gasteiger partial charge in [-0.25, -0.2) is 0 Å². The van der Waals surface area contributed by atoms with Gasteiger partial charge in [0, 0.05) is 4.90 Å². The lowest BCUT2D eigenvalue weighted by atomic mass is 9.90. The maximum atomic E-state index is 13.0. The molecule has 0 spiro atoms. The lowest BCUT2D eigenvalue weighted by Crippen LogP contribution is -2.42. The molecule has 2 atom stereocenters. The number of carbonyl (C=O) groups is 2. The fraction of sp³-hybridized carbons (Fsp3) is 0.333. The van der Waals surface area contributed by atoms with Crippen molar-refractivity contribution < 1.29 is 14.3 Å². The molecule has 5 heteroatoms. The summed E-state index contributed by atoms with van der Waals surface area (Å²) in [7, 11) is 0. The molecule has 0 aliphatic carbocycles. The molecule has 1 aliphatic heterocycles. The number of carbonyl (C=O) groups excluding carboxylic acids is 2. The molecule has 3 rings (SSSR count). The van der Waals surface area contributed by atoms with Crippen LogP contribution in [-0.2, 0) is 14.3 Å². The van der Waals surface area contributed by atoms with E-state index in [4.69, 9.17) is 4.74 Å². The first-order chi connectivity index (χ1) is 12.5. The van der Waals surface area contributed by atoms with Crippen molar-refractivity contribution in [3.8, 4) is 0 Å². The van der Waals surface area contributed by atoms with Gasteiger partial charge in [-0.3, -0.25) is 9.59 Å². The van der Waals surface area contributed by atoms with E-state index in [0.717, 1.165) is 21.6 Å². The average molecular weight is 369 g/mol. The van der Waals surface area contributed by atoms with Crippen LogP contribution < -0.4 is 5.32 Å². The van der Waals surface area contributed by atoms with Crippen LogP contribution in [0.3, 0.4) is 0 Å². The van der Waals surface area contributed by atoms with Crippen molar-refractivity contribution in [2.45, 2.75) is 42.9 Å². The first kappa shape index (κ1) is 18.5. The Kier molecular flexibility index (Phi) is 5.37. The number of benzene rings is 2. The zero-order chi connectivity index (χ0) is 18.7. The summed E-state index contributed by atoms with van der Waals surface area (Å²) in [5.74, 6) is -0.483. The molecule has 0 saturated carbocycles. The third kappa shape index (κ3) is 3.49. The second-order valence-corrected chi connectivity index (χ2v) is 7.96. The first-order valence-corrected chi connectivity index (χ1v) is 9.55. The SMILES string of the molecule is CCOC(=O)[C@@]1(Sc2ccc(C)cc2)CC(=O)NC1c1ccccc1C. The van der Waals surface area contributed by atoms with Gasteiger partial charge in [0.25, 0.3) is 0 Å². The van der Waals surface area contributed by atoms with Crippen molar-refractivity contribution in [3.05, 3.63) is 65.2 Å². The number of esters is 1. The monoisotopic (exact) mass is 369 g/mol. The predicted octanol–water partition coefficient (Wildman–Crippen LogP) is 3.96. The summed E-state index contributed by atoms with van der Waals surface area (Å²) in [6.45, 7) is 6.08. The van der Waals surface area contributed by atoms with Crippen molar-refractivity contribution in [2.75, 3.05) is 6.61 Å². The van der Waals surface area contributed by atoms with E-state index in [2.05, 4.69) is 5.32 Å². The van der Waals surface area contributed by atoms with E-state index < -0.39 is 10.8 Å². The Bertz CT molecular complexity index is 818. The number of nitrogens with one attached hydrogen (secondary N) is 1. The third-order valence-corrected chi connectivity index (χ3v) is 6.06. The highest BCUT2D eigenvalue weighted by atomic mass is 32.2. The summed E-state index contributed by atoms with van der Waals surface area (Å²) in [6.07, 6.45) is 0.101. The van der Waals surface area contributed by atoms with E-state index in [1.807, 2.05) is 62.4 Å². The van der Waals surface area contributed by atoms with Crippen LogP contribution >= 0.6 is 11.8 Å². The number of amides is 1. The maximum Gasteiger partial charge on any atom is 0.325 e. The number of rotatable bonds is 5. The minimum absolute atomic E-state index is 0.101. The molecule has 4 nitrogen and oxygen atoms in total. The van der Waals surface area contributed by atoms with Gasteiger partial charge in [-0.1, -0.05) is 42.0 Å². The van der Waals surface area contributed by atoms with Gasteiger partial charge in [0.2, 0.25) is 5.91 Å². The van der Waals surface area contributed by atoms with Crippen LogP contribution in [0.4, 0.5) is 0 Å². The molecule has 1 saturated heterocycles. The zero-order valence-corrected chi connectivity index (χ0v) is 16.1. The second kappa shape index (κ2) is 7.54. The van der Waals surface area contributed by atoms with Crippen molar-refractivity contribution in [1.29, 1.82) is 0 Å². The fourth-order valence-corrected chi connectivity index (χ4v) is 4.65. The summed E-state index contributed by atoms with van der Waals surface area (Å²) in [5.41, 5.74) is 3.14. The molecule has 1 aliphatic rings. The lowest BCUT2D eigenvalue weighted by Gasteiger charge is -2.32. The van der Waals surface area contributed by atoms with Crippen LogP contribution in [-0.4, -0.2) is 23.2 Å². The van der Waals surface area contributed by atoms with Gasteiger partial charge in [-0.15, -0.1) is 11.8 Å². The van der Waals surface area contributed by atoms with Crippen LogP contribution in [0.5, 0.6) is 0 Å². The summed E-state index contributed by atoms with van der Waals surface area (Å²) in [5, 5.41) is 3.01. The van der Waals surface area contributed by atoms with Gasteiger partial charge < -0.3 is 10.1 Å². The minimum Gasteiger partial charge on any atom is -0.465 e. The molecule has 26 heavy (non-hydrogen) atoms. The zero-order valence-electron chi connectivity index (χ0n) is 15.2. The molecule has 2 aromatic rings. The standard InChI is InChI=1S/C21H23NO3S/c1-4-25-20(24)21(26-16-11-9-14(2)10-12-16)13-18(23)22-19(21)17-8-6-5-7-15(17)3/h5-12,19H,4,13H2,1-3H3,(H,22,23)/t19?,21-/m1/s1. The normalized spacial score (nSPS) is 22.1. The van der Waals surface area contributed by atoms with Crippen molar-refractivity contribution in [3.63, 3.8) is 0 Å². The molecule has 136 valence electrons. The molecule has 1 unspecified atom stereocenters. The highest BCUT2D eigenvalue weighted by Crippen LogP contribution is 2.49. The molecule has 0 bridgehead atoms. The highest BCUT2D eigenvalue weighted by Gasteiger charge is 2.55. The van der Waals surface area contributed by atoms with Gasteiger partial charge in [0.15, 0.2) is 4.75 Å². The Morgan fingerprint density at radius 3 is 2.54 bits per heavy atom. The average Bonchev–Trinajstić information content (AvgIpc) is 2.95. The highest BCUT2D eigenvalue weighted by molar-refractivity contribution is 8.01. The molecule has 0 radical (unpaired) electrons. The summed E-state index contributed by atoms with van der Waals surface area (Å²) in [4.78, 5) is 26.4. The second-order valence-electron chi connectivity index (χ2n) is 6.56. The van der Waals surface area contributed by atoms with E-state index in [1.54, 1.807) is 6.92 Å². The van der Waals surface area contributed by atoms with Gasteiger partial charge in [-0.2, -0.15) is 0 Å². The van der Waals surface area contributed by atoms with Crippen LogP contribution in [0, 0.1) is 13.8 Å². The molecular formula is C21H23NO3S. The van der Waals surface area contributed by atoms with Gasteiger partial charge in [-0.05, 0) is 44.0 Å². The number of thioether (sulfide) groups is 1. The van der Waals surface area contributed by atoms with Gasteiger partial charge >= 0.3 is 5.97 Å². The molecular weight excluding hydrogens is 346 g/mol. The van der Waals surface area contributed by atoms with Crippen molar-refractivity contribution in [2.24, 2.45) is 0 Å². The van der Waals surface area contributed by atoms with Gasteiger partial charge in [0.05, 0.1) is 19.1 Å². The van der Waals surface area contributed by atoms with Gasteiger partial charge in [0.1, 0.15) is 0 Å². The molecule has 1 heterocycles. The largest absolute Gasteiger partial charge is 0.465 e. The number of hydrogen-bond donors (Lipinski definition) is 1. The molecule has 1 N–H and O–H groups in total. The van der Waals surface area contributed by atoms with Crippen molar-refractivity contribution in [1.82, 2.24) is 5.32 Å². The number of ether oxygens (including phenoxy) is 1. The van der Waals surface area contributed by atoms with E-state index in [-0.39, 0.29) is 24.9 Å². The lowest BCUT2D eigenvalue weighted by molar-refractivity contribution is -0.146. The van der Waals surface area contributed by atoms with E-state index in [1.165, 1.54) is 11.8 Å². The van der Waals surface area contributed by atoms with Crippen LogP contribution in [0.1, 0.15) is 36.1 Å². The molecule has 1 amide bonds. The molecule has 1 fully saturated rings. The molecule has 0 aromatic heterocycles. The van der Waals surface area contributed by atoms with E-state index in [0.29, 0.717) is 0 Å². The molecule has 2 aromatic carbocycles. The summed E-state index contributed by atoms with van der Waals surface area (Å²) < 4.78 is 4.39. The maximum absolute atomic E-state index is 13.0. The number of aryl methyl sites for hydroxylation is 2. The van der Waals surface area contributed by atoms with Crippen molar-refractivity contribution >= 4 is 23.6 Å².